The average molecular weight is 286 g/mol. The molecule has 0 N–H and O–H groups in total. The third kappa shape index (κ3) is 3.54. The van der Waals surface area contributed by atoms with Gasteiger partial charge in [0.2, 0.25) is 0 Å². The first-order valence-corrected chi connectivity index (χ1v) is 7.54. The molecule has 2 unspecified atom stereocenters. The summed E-state index contributed by atoms with van der Waals surface area (Å²) in [6.07, 6.45) is 0.357. The van der Waals surface area contributed by atoms with Gasteiger partial charge in [-0.25, -0.2) is 0 Å². The first kappa shape index (κ1) is 14.5. The van der Waals surface area contributed by atoms with E-state index in [1.54, 1.807) is 24.3 Å². The number of hydrogen-bond donors (Lipinski definition) is 0. The number of aryl methyl sites for hydroxylation is 1. The fourth-order valence-corrected chi connectivity index (χ4v) is 2.94. The van der Waals surface area contributed by atoms with Crippen molar-refractivity contribution in [2.24, 2.45) is 5.92 Å². The first-order chi connectivity index (χ1) is 9.03. The first-order valence-electron chi connectivity index (χ1n) is 6.13. The molecule has 1 aliphatic heterocycles. The van der Waals surface area contributed by atoms with Crippen LogP contribution >= 0.6 is 0 Å². The van der Waals surface area contributed by atoms with Crippen LogP contribution in [0.5, 0.6) is 0 Å². The summed E-state index contributed by atoms with van der Waals surface area (Å²) in [5.41, 5.74) is 1.00. The molecule has 1 heterocycles. The molecule has 19 heavy (non-hydrogen) atoms. The number of hydrogen-bond acceptors (Lipinski definition) is 5. The van der Waals surface area contributed by atoms with E-state index in [1.165, 1.54) is 7.11 Å². The number of rotatable bonds is 5. The molecule has 2 atom stereocenters. The minimum atomic E-state index is -3.71. The van der Waals surface area contributed by atoms with Gasteiger partial charge in [-0.1, -0.05) is 17.7 Å². The molecule has 2 rings (SSSR count). The van der Waals surface area contributed by atoms with E-state index in [4.69, 9.17) is 13.7 Å². The van der Waals surface area contributed by atoms with Crippen molar-refractivity contribution in [1.82, 2.24) is 0 Å². The number of methoxy groups -OCH3 is 1. The molecule has 0 aliphatic carbocycles. The Morgan fingerprint density at radius 1 is 1.32 bits per heavy atom. The van der Waals surface area contributed by atoms with Gasteiger partial charge in [-0.3, -0.25) is 4.18 Å². The largest absolute Gasteiger partial charge is 0.356 e. The van der Waals surface area contributed by atoms with Crippen molar-refractivity contribution in [3.8, 4) is 0 Å². The second-order valence-electron chi connectivity index (χ2n) is 4.58. The van der Waals surface area contributed by atoms with E-state index >= 15 is 0 Å². The molecule has 106 valence electrons. The predicted octanol–water partition coefficient (Wildman–Crippen LogP) is 1.71. The fraction of sp³-hybridized carbons (Fsp3) is 0.538. The van der Waals surface area contributed by atoms with Crippen LogP contribution in [0.25, 0.3) is 0 Å². The zero-order chi connectivity index (χ0) is 13.9. The molecule has 0 saturated carbocycles. The normalized spacial score (nSPS) is 23.7. The van der Waals surface area contributed by atoms with Crippen molar-refractivity contribution in [2.75, 3.05) is 20.3 Å². The molecule has 5 nitrogen and oxygen atoms in total. The molecular weight excluding hydrogens is 268 g/mol. The van der Waals surface area contributed by atoms with Crippen LogP contribution in [-0.2, 0) is 23.8 Å². The summed E-state index contributed by atoms with van der Waals surface area (Å²) in [5, 5.41) is 0. The Bertz CT molecular complexity index is 508. The van der Waals surface area contributed by atoms with Crippen LogP contribution in [0.2, 0.25) is 0 Å². The van der Waals surface area contributed by atoms with Gasteiger partial charge in [-0.05, 0) is 25.5 Å². The summed E-state index contributed by atoms with van der Waals surface area (Å²) in [4.78, 5) is 0.172. The quantitative estimate of drug-likeness (QED) is 0.771. The van der Waals surface area contributed by atoms with Crippen LogP contribution in [0.4, 0.5) is 0 Å². The summed E-state index contributed by atoms with van der Waals surface area (Å²) >= 11 is 0. The van der Waals surface area contributed by atoms with Crippen LogP contribution in [0, 0.1) is 12.8 Å². The van der Waals surface area contributed by atoms with Gasteiger partial charge in [0.05, 0.1) is 18.1 Å². The smallest absolute Gasteiger partial charge is 0.296 e. The van der Waals surface area contributed by atoms with Crippen LogP contribution in [0.3, 0.4) is 0 Å². The highest BCUT2D eigenvalue weighted by atomic mass is 32.2. The van der Waals surface area contributed by atoms with E-state index in [0.717, 1.165) is 12.0 Å². The molecule has 1 aliphatic rings. The maximum Gasteiger partial charge on any atom is 0.296 e. The Morgan fingerprint density at radius 2 is 2.00 bits per heavy atom. The molecule has 1 aromatic carbocycles. The molecule has 1 saturated heterocycles. The molecule has 0 aromatic heterocycles. The van der Waals surface area contributed by atoms with Gasteiger partial charge in [0.1, 0.15) is 0 Å². The topological polar surface area (TPSA) is 61.8 Å². The highest BCUT2D eigenvalue weighted by Crippen LogP contribution is 2.23. The summed E-state index contributed by atoms with van der Waals surface area (Å²) in [7, 11) is -2.17. The second-order valence-corrected chi connectivity index (χ2v) is 6.19. The standard InChI is InChI=1S/C13H18O5S/c1-10-3-5-12(6-4-10)19(14,15)18-9-11-7-8-17-13(11)16-2/h3-6,11,13H,7-9H2,1-2H3. The Balaban J connectivity index is 2.00. The lowest BCUT2D eigenvalue weighted by Gasteiger charge is -2.16. The van der Waals surface area contributed by atoms with Crippen LogP contribution in [0.1, 0.15) is 12.0 Å². The van der Waals surface area contributed by atoms with Crippen molar-refractivity contribution in [3.05, 3.63) is 29.8 Å². The molecular formula is C13H18O5S. The zero-order valence-electron chi connectivity index (χ0n) is 11.0. The van der Waals surface area contributed by atoms with E-state index < -0.39 is 10.1 Å². The van der Waals surface area contributed by atoms with Crippen molar-refractivity contribution < 1.29 is 22.1 Å². The maximum absolute atomic E-state index is 12.0. The summed E-state index contributed by atoms with van der Waals surface area (Å²) in [6, 6.07) is 6.58. The summed E-state index contributed by atoms with van der Waals surface area (Å²) < 4.78 is 39.5. The van der Waals surface area contributed by atoms with Gasteiger partial charge >= 0.3 is 0 Å². The van der Waals surface area contributed by atoms with Crippen molar-refractivity contribution in [2.45, 2.75) is 24.5 Å². The Kier molecular flexibility index (Phi) is 4.57. The van der Waals surface area contributed by atoms with E-state index in [9.17, 15) is 8.42 Å². The van der Waals surface area contributed by atoms with Gasteiger partial charge in [0, 0.05) is 13.0 Å². The third-order valence-corrected chi connectivity index (χ3v) is 4.43. The lowest BCUT2D eigenvalue weighted by Crippen LogP contribution is -2.24. The molecule has 1 fully saturated rings. The van der Waals surface area contributed by atoms with Crippen LogP contribution in [0.15, 0.2) is 29.2 Å². The van der Waals surface area contributed by atoms with E-state index in [1.807, 2.05) is 6.92 Å². The van der Waals surface area contributed by atoms with Gasteiger partial charge < -0.3 is 9.47 Å². The van der Waals surface area contributed by atoms with Crippen molar-refractivity contribution in [1.29, 1.82) is 0 Å². The molecule has 0 amide bonds. The fourth-order valence-electron chi connectivity index (χ4n) is 1.98. The predicted molar refractivity (Wildman–Crippen MR) is 69.2 cm³/mol. The minimum absolute atomic E-state index is 0.0507. The Morgan fingerprint density at radius 3 is 2.63 bits per heavy atom. The molecule has 0 spiro atoms. The monoisotopic (exact) mass is 286 g/mol. The lowest BCUT2D eigenvalue weighted by atomic mass is 10.1. The average Bonchev–Trinajstić information content (AvgIpc) is 2.84. The van der Waals surface area contributed by atoms with Gasteiger partial charge in [0.25, 0.3) is 10.1 Å². The highest BCUT2D eigenvalue weighted by Gasteiger charge is 2.30. The van der Waals surface area contributed by atoms with Crippen LogP contribution < -0.4 is 0 Å². The summed E-state index contributed by atoms with van der Waals surface area (Å²) in [5.74, 6) is -0.0507. The highest BCUT2D eigenvalue weighted by molar-refractivity contribution is 7.86. The SMILES string of the molecule is COC1OCCC1COS(=O)(=O)c1ccc(C)cc1. The zero-order valence-corrected chi connectivity index (χ0v) is 11.9. The van der Waals surface area contributed by atoms with Crippen molar-refractivity contribution in [3.63, 3.8) is 0 Å². The van der Waals surface area contributed by atoms with E-state index in [0.29, 0.717) is 6.61 Å². The van der Waals surface area contributed by atoms with E-state index in [-0.39, 0.29) is 23.7 Å². The van der Waals surface area contributed by atoms with Gasteiger partial charge in [-0.15, -0.1) is 0 Å². The number of benzene rings is 1. The summed E-state index contributed by atoms with van der Waals surface area (Å²) in [6.45, 7) is 2.54. The molecule has 1 aromatic rings. The Labute approximate surface area is 113 Å². The third-order valence-electron chi connectivity index (χ3n) is 3.13. The van der Waals surface area contributed by atoms with E-state index in [2.05, 4.69) is 0 Å². The molecule has 6 heteroatoms. The number of ether oxygens (including phenoxy) is 2. The van der Waals surface area contributed by atoms with Gasteiger partial charge in [-0.2, -0.15) is 8.42 Å². The Hall–Kier alpha value is -0.950. The molecule has 0 bridgehead atoms. The van der Waals surface area contributed by atoms with Crippen LogP contribution in [-0.4, -0.2) is 35.0 Å². The van der Waals surface area contributed by atoms with Gasteiger partial charge in [0.15, 0.2) is 6.29 Å². The van der Waals surface area contributed by atoms with Crippen molar-refractivity contribution >= 4 is 10.1 Å². The molecule has 0 radical (unpaired) electrons. The minimum Gasteiger partial charge on any atom is -0.356 e. The lowest BCUT2D eigenvalue weighted by molar-refractivity contribution is -0.115. The second kappa shape index (κ2) is 6.00. The maximum atomic E-state index is 12.0.